The second kappa shape index (κ2) is 8.36. The Morgan fingerprint density at radius 1 is 1.00 bits per heavy atom. The fraction of sp³-hybridized carbons (Fsp3) is 0.188. The number of rotatable bonds is 9. The molecule has 9 heteroatoms. The van der Waals surface area contributed by atoms with Crippen molar-refractivity contribution in [1.29, 1.82) is 0 Å². The average Bonchev–Trinajstić information content (AvgIpc) is 2.59. The van der Waals surface area contributed by atoms with E-state index in [0.717, 1.165) is 0 Å². The fourth-order valence-electron chi connectivity index (χ4n) is 1.87. The van der Waals surface area contributed by atoms with Crippen molar-refractivity contribution in [3.05, 3.63) is 48.5 Å². The maximum Gasteiger partial charge on any atom is 0.341 e. The molecular weight excluding hydrogens is 348 g/mol. The predicted molar refractivity (Wildman–Crippen MR) is 91.4 cm³/mol. The third-order valence-electron chi connectivity index (χ3n) is 2.99. The van der Waals surface area contributed by atoms with Crippen LogP contribution in [0.25, 0.3) is 0 Å². The van der Waals surface area contributed by atoms with Gasteiger partial charge in [0.15, 0.2) is 6.61 Å². The Balaban J connectivity index is 2.04. The van der Waals surface area contributed by atoms with Gasteiger partial charge in [0.1, 0.15) is 18.1 Å². The maximum atomic E-state index is 12.3. The number of carboxylic acids is 1. The van der Waals surface area contributed by atoms with Crippen molar-refractivity contribution in [1.82, 2.24) is 0 Å². The lowest BCUT2D eigenvalue weighted by molar-refractivity contribution is -0.139. The molecule has 0 heterocycles. The molecule has 2 aromatic rings. The molecule has 2 aromatic carbocycles. The number of sulfonamides is 1. The number of aliphatic carboxylic acids is 1. The Hall–Kier alpha value is -2.78. The molecule has 8 nitrogen and oxygen atoms in total. The quantitative estimate of drug-likeness (QED) is 0.610. The van der Waals surface area contributed by atoms with Crippen molar-refractivity contribution in [3.8, 4) is 11.5 Å². The highest BCUT2D eigenvalue weighted by atomic mass is 32.2. The van der Waals surface area contributed by atoms with Crippen LogP contribution in [0.5, 0.6) is 11.5 Å². The fourth-order valence-corrected chi connectivity index (χ4v) is 2.93. The van der Waals surface area contributed by atoms with Gasteiger partial charge in [-0.05, 0) is 48.5 Å². The summed E-state index contributed by atoms with van der Waals surface area (Å²) in [6.45, 7) is 0.269. The third kappa shape index (κ3) is 5.66. The summed E-state index contributed by atoms with van der Waals surface area (Å²) in [7, 11) is -3.77. The van der Waals surface area contributed by atoms with Crippen LogP contribution in [-0.2, 0) is 14.8 Å². The van der Waals surface area contributed by atoms with E-state index < -0.39 is 22.6 Å². The van der Waals surface area contributed by atoms with Crippen molar-refractivity contribution < 1.29 is 27.8 Å². The van der Waals surface area contributed by atoms with Crippen LogP contribution in [0, 0.1) is 0 Å². The average molecular weight is 366 g/mol. The molecule has 0 spiro atoms. The molecule has 0 atom stereocenters. The van der Waals surface area contributed by atoms with Crippen LogP contribution in [0.1, 0.15) is 0 Å². The zero-order chi connectivity index (χ0) is 18.3. The molecule has 0 bridgehead atoms. The second-order valence-electron chi connectivity index (χ2n) is 4.92. The van der Waals surface area contributed by atoms with Crippen molar-refractivity contribution in [2.75, 3.05) is 24.5 Å². The van der Waals surface area contributed by atoms with Gasteiger partial charge in [0.05, 0.1) is 4.90 Å². The smallest absolute Gasteiger partial charge is 0.341 e. The lowest BCUT2D eigenvalue weighted by atomic mass is 10.3. The van der Waals surface area contributed by atoms with Gasteiger partial charge in [-0.25, -0.2) is 13.2 Å². The van der Waals surface area contributed by atoms with Gasteiger partial charge in [0.2, 0.25) is 0 Å². The van der Waals surface area contributed by atoms with E-state index in [4.69, 9.17) is 20.3 Å². The molecular formula is C16H18N2O6S. The largest absolute Gasteiger partial charge is 0.492 e. The van der Waals surface area contributed by atoms with E-state index in [2.05, 4.69) is 4.72 Å². The van der Waals surface area contributed by atoms with Crippen molar-refractivity contribution >= 4 is 21.7 Å². The molecule has 0 aliphatic carbocycles. The lowest BCUT2D eigenvalue weighted by Gasteiger charge is -2.10. The van der Waals surface area contributed by atoms with E-state index in [1.54, 1.807) is 24.3 Å². The van der Waals surface area contributed by atoms with Crippen LogP contribution in [0.4, 0.5) is 5.69 Å². The number of carbonyl (C=O) groups is 1. The summed E-state index contributed by atoms with van der Waals surface area (Å²) in [6.07, 6.45) is 0. The maximum absolute atomic E-state index is 12.3. The van der Waals surface area contributed by atoms with Crippen molar-refractivity contribution in [2.24, 2.45) is 5.73 Å². The molecule has 0 radical (unpaired) electrons. The van der Waals surface area contributed by atoms with E-state index in [1.165, 1.54) is 24.3 Å². The minimum Gasteiger partial charge on any atom is -0.492 e. The summed E-state index contributed by atoms with van der Waals surface area (Å²) in [4.78, 5) is 10.5. The third-order valence-corrected chi connectivity index (χ3v) is 4.39. The number of hydrogen-bond acceptors (Lipinski definition) is 6. The zero-order valence-electron chi connectivity index (χ0n) is 13.2. The first-order valence-corrected chi connectivity index (χ1v) is 8.79. The second-order valence-corrected chi connectivity index (χ2v) is 6.60. The van der Waals surface area contributed by atoms with Crippen LogP contribution < -0.4 is 19.9 Å². The SMILES string of the molecule is NCCOc1ccc(NS(=O)(=O)c2ccc(OCC(=O)O)cc2)cc1. The van der Waals surface area contributed by atoms with Crippen LogP contribution >= 0.6 is 0 Å². The molecule has 0 fully saturated rings. The van der Waals surface area contributed by atoms with Crippen LogP contribution in [-0.4, -0.2) is 39.3 Å². The standard InChI is InChI=1S/C16H18N2O6S/c17-9-10-23-13-3-1-12(2-4-13)18-25(21,22)15-7-5-14(6-8-15)24-11-16(19)20/h1-8,18H,9-11,17H2,(H,19,20). The highest BCUT2D eigenvalue weighted by Gasteiger charge is 2.14. The molecule has 0 amide bonds. The topological polar surface area (TPSA) is 128 Å². The Labute approximate surface area is 145 Å². The van der Waals surface area contributed by atoms with Gasteiger partial charge in [0.25, 0.3) is 10.0 Å². The molecule has 0 aliphatic heterocycles. The first kappa shape index (κ1) is 18.6. The normalized spacial score (nSPS) is 10.9. The van der Waals surface area contributed by atoms with Crippen molar-refractivity contribution in [3.63, 3.8) is 0 Å². The lowest BCUT2D eigenvalue weighted by Crippen LogP contribution is -2.13. The van der Waals surface area contributed by atoms with Crippen LogP contribution in [0.15, 0.2) is 53.4 Å². The number of nitrogens with one attached hydrogen (secondary N) is 1. The number of benzene rings is 2. The molecule has 4 N–H and O–H groups in total. The van der Waals surface area contributed by atoms with Crippen LogP contribution in [0.2, 0.25) is 0 Å². The Morgan fingerprint density at radius 2 is 1.56 bits per heavy atom. The predicted octanol–water partition coefficient (Wildman–Crippen LogP) is 1.29. The first-order chi connectivity index (χ1) is 11.9. The van der Waals surface area contributed by atoms with Gasteiger partial charge in [-0.15, -0.1) is 0 Å². The molecule has 2 rings (SSSR count). The Bertz CT molecular complexity index is 804. The van der Waals surface area contributed by atoms with E-state index in [1.807, 2.05) is 0 Å². The number of carboxylic acid groups (broad SMARTS) is 1. The van der Waals surface area contributed by atoms with Gasteiger partial charge in [-0.2, -0.15) is 0 Å². The first-order valence-electron chi connectivity index (χ1n) is 7.31. The molecule has 25 heavy (non-hydrogen) atoms. The summed E-state index contributed by atoms with van der Waals surface area (Å²) < 4.78 is 37.4. The molecule has 0 unspecified atom stereocenters. The van der Waals surface area contributed by atoms with Gasteiger partial charge in [0, 0.05) is 12.2 Å². The Morgan fingerprint density at radius 3 is 2.12 bits per heavy atom. The van der Waals surface area contributed by atoms with Gasteiger partial charge in [-0.1, -0.05) is 0 Å². The number of ether oxygens (including phenoxy) is 2. The monoisotopic (exact) mass is 366 g/mol. The number of anilines is 1. The summed E-state index contributed by atoms with van der Waals surface area (Å²) in [5, 5.41) is 8.54. The number of nitrogens with two attached hydrogens (primary N) is 1. The minimum atomic E-state index is -3.77. The van der Waals surface area contributed by atoms with E-state index >= 15 is 0 Å². The van der Waals surface area contributed by atoms with E-state index in [9.17, 15) is 13.2 Å². The van der Waals surface area contributed by atoms with Gasteiger partial charge >= 0.3 is 5.97 Å². The van der Waals surface area contributed by atoms with E-state index in [0.29, 0.717) is 24.6 Å². The van der Waals surface area contributed by atoms with Gasteiger partial charge in [-0.3, -0.25) is 4.72 Å². The minimum absolute atomic E-state index is 0.0265. The summed E-state index contributed by atoms with van der Waals surface area (Å²) >= 11 is 0. The van der Waals surface area contributed by atoms with Gasteiger partial charge < -0.3 is 20.3 Å². The number of hydrogen-bond donors (Lipinski definition) is 3. The highest BCUT2D eigenvalue weighted by molar-refractivity contribution is 7.92. The van der Waals surface area contributed by atoms with Crippen molar-refractivity contribution in [2.45, 2.75) is 4.90 Å². The molecule has 0 saturated carbocycles. The van der Waals surface area contributed by atoms with Crippen LogP contribution in [0.3, 0.4) is 0 Å². The summed E-state index contributed by atoms with van der Waals surface area (Å²) in [5.74, 6) is -0.256. The molecule has 134 valence electrons. The molecule has 0 aliphatic rings. The summed E-state index contributed by atoms with van der Waals surface area (Å²) in [5.41, 5.74) is 5.72. The summed E-state index contributed by atoms with van der Waals surface area (Å²) in [6, 6.07) is 11.9. The zero-order valence-corrected chi connectivity index (χ0v) is 14.0. The van der Waals surface area contributed by atoms with E-state index in [-0.39, 0.29) is 10.6 Å². The molecule has 0 saturated heterocycles. The Kier molecular flexibility index (Phi) is 6.20. The highest BCUT2D eigenvalue weighted by Crippen LogP contribution is 2.21. The molecule has 0 aromatic heterocycles.